The minimum absolute atomic E-state index is 0.201. The Kier molecular flexibility index (Phi) is 4.66. The van der Waals surface area contributed by atoms with Crippen molar-refractivity contribution in [2.75, 3.05) is 0 Å². The quantitative estimate of drug-likeness (QED) is 0.719. The Bertz CT molecular complexity index is 894. The number of carbonyl (C=O) groups is 1. The van der Waals surface area contributed by atoms with E-state index in [1.54, 1.807) is 13.0 Å². The summed E-state index contributed by atoms with van der Waals surface area (Å²) in [4.78, 5) is 24.4. The summed E-state index contributed by atoms with van der Waals surface area (Å²) in [6.07, 6.45) is 4.36. The minimum Gasteiger partial charge on any atom is -0.342 e. The molecule has 3 aromatic rings. The van der Waals surface area contributed by atoms with Crippen LogP contribution in [0.1, 0.15) is 29.1 Å². The highest BCUT2D eigenvalue weighted by Gasteiger charge is 2.20. The van der Waals surface area contributed by atoms with Gasteiger partial charge in [0.25, 0.3) is 11.9 Å². The van der Waals surface area contributed by atoms with E-state index < -0.39 is 28.6 Å². The van der Waals surface area contributed by atoms with Crippen LogP contribution in [0.4, 0.5) is 8.78 Å². The summed E-state index contributed by atoms with van der Waals surface area (Å²) in [6, 6.07) is 2.74. The standard InChI is InChI=1S/C15H11ClF2N6O/c1-8(13-21-7-22-24(13)15-19-3-2-4-20-15)23-14(25)9-5-10(17)12(16)11(18)6-9/h2-8H,1H3,(H,23,25)/t8-/m0/s1. The molecular weight excluding hydrogens is 354 g/mol. The Morgan fingerprint density at radius 1 is 1.20 bits per heavy atom. The van der Waals surface area contributed by atoms with E-state index in [9.17, 15) is 13.6 Å². The molecular formula is C15H11ClF2N6O. The van der Waals surface area contributed by atoms with E-state index in [1.807, 2.05) is 0 Å². The molecule has 0 unspecified atom stereocenters. The molecule has 0 aliphatic heterocycles. The van der Waals surface area contributed by atoms with Crippen LogP contribution in [0, 0.1) is 11.6 Å². The van der Waals surface area contributed by atoms with Crippen molar-refractivity contribution in [3.8, 4) is 5.95 Å². The van der Waals surface area contributed by atoms with Crippen LogP contribution < -0.4 is 5.32 Å². The van der Waals surface area contributed by atoms with Crippen molar-refractivity contribution in [3.05, 3.63) is 65.0 Å². The number of hydrogen-bond acceptors (Lipinski definition) is 5. The number of aromatic nitrogens is 5. The number of amides is 1. The van der Waals surface area contributed by atoms with E-state index in [2.05, 4.69) is 25.4 Å². The molecule has 1 aromatic carbocycles. The molecule has 128 valence electrons. The van der Waals surface area contributed by atoms with Crippen LogP contribution in [0.25, 0.3) is 5.95 Å². The largest absolute Gasteiger partial charge is 0.342 e. The summed E-state index contributed by atoms with van der Waals surface area (Å²) in [5.74, 6) is -2.08. The molecule has 0 spiro atoms. The molecule has 1 amide bonds. The lowest BCUT2D eigenvalue weighted by atomic mass is 10.2. The van der Waals surface area contributed by atoms with Crippen molar-refractivity contribution < 1.29 is 13.6 Å². The predicted molar refractivity (Wildman–Crippen MR) is 84.2 cm³/mol. The van der Waals surface area contributed by atoms with Crippen molar-refractivity contribution in [1.82, 2.24) is 30.0 Å². The molecule has 2 aromatic heterocycles. The van der Waals surface area contributed by atoms with E-state index in [0.717, 1.165) is 12.1 Å². The number of nitrogens with zero attached hydrogens (tertiary/aromatic N) is 5. The van der Waals surface area contributed by atoms with Gasteiger partial charge in [0, 0.05) is 18.0 Å². The molecule has 2 heterocycles. The highest BCUT2D eigenvalue weighted by molar-refractivity contribution is 6.31. The fraction of sp³-hybridized carbons (Fsp3) is 0.133. The molecule has 3 rings (SSSR count). The molecule has 0 fully saturated rings. The van der Waals surface area contributed by atoms with Crippen LogP contribution in [0.3, 0.4) is 0 Å². The Hall–Kier alpha value is -2.94. The number of rotatable bonds is 4. The van der Waals surface area contributed by atoms with Crippen molar-refractivity contribution >= 4 is 17.5 Å². The summed E-state index contributed by atoms with van der Waals surface area (Å²) in [5.41, 5.74) is -0.201. The van der Waals surface area contributed by atoms with Gasteiger partial charge in [-0.1, -0.05) is 11.6 Å². The monoisotopic (exact) mass is 364 g/mol. The lowest BCUT2D eigenvalue weighted by Gasteiger charge is -2.14. The summed E-state index contributed by atoms with van der Waals surface area (Å²) >= 11 is 5.41. The molecule has 0 radical (unpaired) electrons. The van der Waals surface area contributed by atoms with Gasteiger partial charge in [-0.05, 0) is 25.1 Å². The average Bonchev–Trinajstić information content (AvgIpc) is 3.09. The summed E-state index contributed by atoms with van der Waals surface area (Å²) in [6.45, 7) is 1.64. The van der Waals surface area contributed by atoms with Crippen molar-refractivity contribution in [3.63, 3.8) is 0 Å². The summed E-state index contributed by atoms with van der Waals surface area (Å²) in [5, 5.41) is 5.95. The first-order chi connectivity index (χ1) is 12.0. The Balaban J connectivity index is 1.83. The zero-order valence-electron chi connectivity index (χ0n) is 12.8. The summed E-state index contributed by atoms with van der Waals surface area (Å²) < 4.78 is 28.4. The molecule has 7 nitrogen and oxygen atoms in total. The fourth-order valence-corrected chi connectivity index (χ4v) is 2.24. The topological polar surface area (TPSA) is 85.6 Å². The number of nitrogens with one attached hydrogen (secondary N) is 1. The van der Waals surface area contributed by atoms with Crippen LogP contribution in [0.2, 0.25) is 5.02 Å². The zero-order chi connectivity index (χ0) is 18.0. The molecule has 0 saturated carbocycles. The molecule has 0 saturated heterocycles. The molecule has 0 aliphatic carbocycles. The molecule has 1 N–H and O–H groups in total. The predicted octanol–water partition coefficient (Wildman–Crippen LogP) is 2.48. The van der Waals surface area contributed by atoms with Crippen LogP contribution in [-0.4, -0.2) is 30.6 Å². The fourth-order valence-electron chi connectivity index (χ4n) is 2.13. The first-order valence-corrected chi connectivity index (χ1v) is 7.48. The van der Waals surface area contributed by atoms with Crippen LogP contribution in [0.15, 0.2) is 36.9 Å². The van der Waals surface area contributed by atoms with E-state index >= 15 is 0 Å². The number of carbonyl (C=O) groups excluding carboxylic acids is 1. The normalized spacial score (nSPS) is 12.0. The summed E-state index contributed by atoms with van der Waals surface area (Å²) in [7, 11) is 0. The van der Waals surface area contributed by atoms with E-state index in [4.69, 9.17) is 11.6 Å². The van der Waals surface area contributed by atoms with Gasteiger partial charge in [-0.15, -0.1) is 0 Å². The zero-order valence-corrected chi connectivity index (χ0v) is 13.6. The van der Waals surface area contributed by atoms with Crippen molar-refractivity contribution in [2.24, 2.45) is 0 Å². The number of benzene rings is 1. The Morgan fingerprint density at radius 3 is 2.48 bits per heavy atom. The second-order valence-corrected chi connectivity index (χ2v) is 5.41. The maximum atomic E-state index is 13.5. The first kappa shape index (κ1) is 16.9. The highest BCUT2D eigenvalue weighted by atomic mass is 35.5. The van der Waals surface area contributed by atoms with Crippen molar-refractivity contribution in [2.45, 2.75) is 13.0 Å². The van der Waals surface area contributed by atoms with Gasteiger partial charge >= 0.3 is 0 Å². The van der Waals surface area contributed by atoms with E-state index in [1.165, 1.54) is 23.4 Å². The maximum Gasteiger partial charge on any atom is 0.252 e. The van der Waals surface area contributed by atoms with Crippen molar-refractivity contribution in [1.29, 1.82) is 0 Å². The average molecular weight is 365 g/mol. The molecule has 10 heteroatoms. The van der Waals surface area contributed by atoms with Gasteiger partial charge in [-0.25, -0.2) is 23.7 Å². The Morgan fingerprint density at radius 2 is 1.84 bits per heavy atom. The second-order valence-electron chi connectivity index (χ2n) is 5.03. The first-order valence-electron chi connectivity index (χ1n) is 7.10. The van der Waals surface area contributed by atoms with E-state index in [-0.39, 0.29) is 11.5 Å². The SMILES string of the molecule is C[C@H](NC(=O)c1cc(F)c(Cl)c(F)c1)c1ncnn1-c1ncccn1. The number of hydrogen-bond donors (Lipinski definition) is 1. The minimum atomic E-state index is -1.01. The second kappa shape index (κ2) is 6.89. The van der Waals surface area contributed by atoms with Crippen LogP contribution in [-0.2, 0) is 0 Å². The van der Waals surface area contributed by atoms with Gasteiger partial charge in [0.05, 0.1) is 6.04 Å². The van der Waals surface area contributed by atoms with Crippen LogP contribution >= 0.6 is 11.6 Å². The van der Waals surface area contributed by atoms with Gasteiger partial charge in [0.1, 0.15) is 23.0 Å². The van der Waals surface area contributed by atoms with E-state index in [0.29, 0.717) is 5.82 Å². The smallest absolute Gasteiger partial charge is 0.252 e. The highest BCUT2D eigenvalue weighted by Crippen LogP contribution is 2.21. The molecule has 1 atom stereocenters. The third kappa shape index (κ3) is 3.45. The van der Waals surface area contributed by atoms with Crippen LogP contribution in [0.5, 0.6) is 0 Å². The van der Waals surface area contributed by atoms with Gasteiger partial charge in [0.15, 0.2) is 5.82 Å². The lowest BCUT2D eigenvalue weighted by molar-refractivity contribution is 0.0937. The van der Waals surface area contributed by atoms with Gasteiger partial charge in [-0.2, -0.15) is 9.78 Å². The lowest BCUT2D eigenvalue weighted by Crippen LogP contribution is -2.29. The van der Waals surface area contributed by atoms with Gasteiger partial charge < -0.3 is 5.32 Å². The molecule has 0 aliphatic rings. The maximum absolute atomic E-state index is 13.5. The third-order valence-corrected chi connectivity index (χ3v) is 3.66. The van der Waals surface area contributed by atoms with Gasteiger partial charge in [0.2, 0.25) is 0 Å². The molecule has 0 bridgehead atoms. The third-order valence-electron chi connectivity index (χ3n) is 3.30. The van der Waals surface area contributed by atoms with Gasteiger partial charge in [-0.3, -0.25) is 4.79 Å². The number of halogens is 3. The Labute approximate surface area is 145 Å². The molecule has 25 heavy (non-hydrogen) atoms.